The number of carbonyl (C=O) groups is 3. The van der Waals surface area contributed by atoms with Crippen molar-refractivity contribution < 1.29 is 18.8 Å². The van der Waals surface area contributed by atoms with Gasteiger partial charge in [0.25, 0.3) is 5.91 Å². The maximum absolute atomic E-state index is 14.0. The van der Waals surface area contributed by atoms with E-state index < -0.39 is 29.1 Å². The van der Waals surface area contributed by atoms with Crippen LogP contribution in [0.15, 0.2) is 35.8 Å². The topological polar surface area (TPSA) is 91.4 Å². The lowest BCUT2D eigenvalue weighted by Crippen LogP contribution is -2.58. The smallest absolute Gasteiger partial charge is 0.258 e. The van der Waals surface area contributed by atoms with Crippen molar-refractivity contribution in [2.45, 2.75) is 91.9 Å². The first-order valence-electron chi connectivity index (χ1n) is 13.5. The Bertz CT molecular complexity index is 1060. The van der Waals surface area contributed by atoms with Gasteiger partial charge in [0.05, 0.1) is 16.1 Å². The number of rotatable bonds is 6. The lowest BCUT2D eigenvalue weighted by Gasteiger charge is -2.35. The molecular weight excluding hydrogens is 503 g/mol. The van der Waals surface area contributed by atoms with E-state index in [0.29, 0.717) is 19.5 Å². The molecule has 2 heterocycles. The SMILES string of the molecule is CC.CCNC(=O)[C@@H]1CCCN1C(=O)[C@@H](NC(=O)C1(F)CC1)C(C)(C)C.Cc1ncsc1-c1ccccc1. The van der Waals surface area contributed by atoms with Gasteiger partial charge in [-0.2, -0.15) is 0 Å². The summed E-state index contributed by atoms with van der Waals surface area (Å²) in [6, 6.07) is 8.98. The molecule has 210 valence electrons. The largest absolute Gasteiger partial charge is 0.355 e. The van der Waals surface area contributed by atoms with E-state index >= 15 is 0 Å². The summed E-state index contributed by atoms with van der Waals surface area (Å²) in [7, 11) is 0. The van der Waals surface area contributed by atoms with E-state index in [4.69, 9.17) is 0 Å². The van der Waals surface area contributed by atoms with E-state index in [9.17, 15) is 18.8 Å². The zero-order chi connectivity index (χ0) is 28.5. The van der Waals surface area contributed by atoms with Crippen LogP contribution in [0.1, 0.15) is 72.9 Å². The number of thiazole rings is 1. The molecule has 1 saturated heterocycles. The van der Waals surface area contributed by atoms with Crippen molar-refractivity contribution in [3.63, 3.8) is 0 Å². The van der Waals surface area contributed by atoms with Crippen LogP contribution in [0, 0.1) is 12.3 Å². The van der Waals surface area contributed by atoms with Crippen molar-refractivity contribution in [3.8, 4) is 10.4 Å². The Balaban J connectivity index is 0.000000301. The highest BCUT2D eigenvalue weighted by atomic mass is 32.1. The second-order valence-corrected chi connectivity index (χ2v) is 11.3. The van der Waals surface area contributed by atoms with Gasteiger partial charge in [0.2, 0.25) is 11.8 Å². The Kier molecular flexibility index (Phi) is 11.4. The van der Waals surface area contributed by atoms with Crippen molar-refractivity contribution in [1.82, 2.24) is 20.5 Å². The molecule has 1 saturated carbocycles. The van der Waals surface area contributed by atoms with Gasteiger partial charge in [0.1, 0.15) is 12.1 Å². The van der Waals surface area contributed by atoms with Crippen LogP contribution in [-0.4, -0.2) is 58.4 Å². The standard InChI is InChI=1S/C17H28FN3O3.C10H9NS.C2H6/c1-5-19-13(22)11-7-6-10-21(11)14(23)12(16(2,3)4)20-15(24)17(18)8-9-17;1-8-10(12-7-11-8)9-5-3-2-4-6-9;1-2/h11-12H,5-10H2,1-4H3,(H,19,22)(H,20,24);2-7H,1H3;1-2H3/t11-,12+;;/m0../s1. The molecule has 2 fully saturated rings. The molecule has 0 spiro atoms. The number of aromatic nitrogens is 1. The number of nitrogens with zero attached hydrogens (tertiary/aromatic N) is 2. The quantitative estimate of drug-likeness (QED) is 0.515. The van der Waals surface area contributed by atoms with E-state index in [0.717, 1.165) is 12.1 Å². The minimum Gasteiger partial charge on any atom is -0.355 e. The molecule has 2 N–H and O–H groups in total. The van der Waals surface area contributed by atoms with Gasteiger partial charge in [-0.3, -0.25) is 14.4 Å². The van der Waals surface area contributed by atoms with Crippen molar-refractivity contribution >= 4 is 29.1 Å². The lowest BCUT2D eigenvalue weighted by atomic mass is 9.85. The van der Waals surface area contributed by atoms with Crippen LogP contribution < -0.4 is 10.6 Å². The van der Waals surface area contributed by atoms with Crippen molar-refractivity contribution in [2.75, 3.05) is 13.1 Å². The number of carbonyl (C=O) groups excluding carboxylic acids is 3. The first-order chi connectivity index (χ1) is 18.0. The van der Waals surface area contributed by atoms with E-state index in [-0.39, 0.29) is 24.7 Å². The molecule has 4 rings (SSSR count). The van der Waals surface area contributed by atoms with Crippen LogP contribution in [0.5, 0.6) is 0 Å². The zero-order valence-corrected chi connectivity index (χ0v) is 24.6. The molecule has 1 aliphatic heterocycles. The van der Waals surface area contributed by atoms with Gasteiger partial charge >= 0.3 is 0 Å². The number of hydrogen-bond acceptors (Lipinski definition) is 5. The highest BCUT2D eigenvalue weighted by Crippen LogP contribution is 2.40. The highest BCUT2D eigenvalue weighted by molar-refractivity contribution is 7.13. The fourth-order valence-corrected chi connectivity index (χ4v) is 4.99. The third-order valence-corrected chi connectivity index (χ3v) is 7.43. The molecule has 0 unspecified atom stereocenters. The summed E-state index contributed by atoms with van der Waals surface area (Å²) >= 11 is 1.69. The van der Waals surface area contributed by atoms with Crippen LogP contribution in [0.2, 0.25) is 0 Å². The van der Waals surface area contributed by atoms with Crippen molar-refractivity contribution in [3.05, 3.63) is 41.5 Å². The molecule has 1 aromatic carbocycles. The van der Waals surface area contributed by atoms with E-state index in [2.05, 4.69) is 39.9 Å². The van der Waals surface area contributed by atoms with Gasteiger partial charge in [-0.05, 0) is 50.5 Å². The average molecular weight is 547 g/mol. The normalized spacial score (nSPS) is 18.2. The molecule has 9 heteroatoms. The molecule has 0 radical (unpaired) electrons. The van der Waals surface area contributed by atoms with Gasteiger partial charge < -0.3 is 15.5 Å². The molecule has 2 atom stereocenters. The Hall–Kier alpha value is -2.81. The second-order valence-electron chi connectivity index (χ2n) is 10.5. The van der Waals surface area contributed by atoms with Crippen LogP contribution in [0.25, 0.3) is 10.4 Å². The summed E-state index contributed by atoms with van der Waals surface area (Å²) in [6.07, 6.45) is 1.76. The van der Waals surface area contributed by atoms with E-state index in [1.165, 1.54) is 15.3 Å². The Labute approximate surface area is 230 Å². The van der Waals surface area contributed by atoms with Crippen molar-refractivity contribution in [1.29, 1.82) is 0 Å². The Morgan fingerprint density at radius 2 is 1.82 bits per heavy atom. The van der Waals surface area contributed by atoms with E-state index in [1.807, 2.05) is 60.0 Å². The monoisotopic (exact) mass is 546 g/mol. The third kappa shape index (κ3) is 8.09. The van der Waals surface area contributed by atoms with Gasteiger partial charge in [-0.25, -0.2) is 9.37 Å². The fourth-order valence-electron chi connectivity index (χ4n) is 4.18. The van der Waals surface area contributed by atoms with E-state index in [1.54, 1.807) is 11.3 Å². The number of halogens is 1. The number of nitrogens with one attached hydrogen (secondary N) is 2. The highest BCUT2D eigenvalue weighted by Gasteiger charge is 2.53. The number of likely N-dealkylation sites (tertiary alicyclic amines) is 1. The average Bonchev–Trinajstić information content (AvgIpc) is 3.27. The molecule has 1 aromatic heterocycles. The number of amides is 3. The molecule has 2 aromatic rings. The Morgan fingerprint density at radius 3 is 2.32 bits per heavy atom. The Morgan fingerprint density at radius 1 is 1.18 bits per heavy atom. The molecule has 2 aliphatic rings. The first-order valence-corrected chi connectivity index (χ1v) is 14.4. The van der Waals surface area contributed by atoms with Gasteiger partial charge in [0.15, 0.2) is 5.67 Å². The van der Waals surface area contributed by atoms with Crippen LogP contribution >= 0.6 is 11.3 Å². The number of benzene rings is 1. The summed E-state index contributed by atoms with van der Waals surface area (Å²) in [5.74, 6) is -1.20. The zero-order valence-electron chi connectivity index (χ0n) is 23.8. The minimum absolute atomic E-state index is 0.175. The number of hydrogen-bond donors (Lipinski definition) is 2. The fraction of sp³-hybridized carbons (Fsp3) is 0.586. The second kappa shape index (κ2) is 13.8. The third-order valence-electron chi connectivity index (χ3n) is 6.46. The van der Waals surface area contributed by atoms with Crippen LogP contribution in [0.3, 0.4) is 0 Å². The maximum atomic E-state index is 14.0. The first kappa shape index (κ1) is 31.4. The summed E-state index contributed by atoms with van der Waals surface area (Å²) < 4.78 is 14.0. The molecular formula is C29H43FN4O3S. The predicted molar refractivity (Wildman–Crippen MR) is 152 cm³/mol. The number of likely N-dealkylation sites (N-methyl/N-ethyl adjacent to an activating group) is 1. The summed E-state index contributed by atoms with van der Waals surface area (Å²) in [5.41, 5.74) is 1.86. The summed E-state index contributed by atoms with van der Waals surface area (Å²) in [6.45, 7) is 14.3. The van der Waals surface area contributed by atoms with Gasteiger partial charge in [-0.1, -0.05) is 65.0 Å². The summed E-state index contributed by atoms with van der Waals surface area (Å²) in [5, 5.41) is 5.34. The van der Waals surface area contributed by atoms with Gasteiger partial charge in [0, 0.05) is 13.1 Å². The molecule has 0 bridgehead atoms. The predicted octanol–water partition coefficient (Wildman–Crippen LogP) is 5.29. The van der Waals surface area contributed by atoms with Crippen LogP contribution in [0.4, 0.5) is 4.39 Å². The summed E-state index contributed by atoms with van der Waals surface area (Å²) in [4.78, 5) is 44.3. The molecule has 3 amide bonds. The lowest BCUT2D eigenvalue weighted by molar-refractivity contribution is -0.144. The minimum atomic E-state index is -1.83. The molecule has 7 nitrogen and oxygen atoms in total. The number of aryl methyl sites for hydroxylation is 1. The van der Waals surface area contributed by atoms with Crippen molar-refractivity contribution in [2.24, 2.45) is 5.41 Å². The van der Waals surface area contributed by atoms with Gasteiger partial charge in [-0.15, -0.1) is 11.3 Å². The molecule has 1 aliphatic carbocycles. The number of alkyl halides is 1. The molecule has 38 heavy (non-hydrogen) atoms. The van der Waals surface area contributed by atoms with Crippen LogP contribution in [-0.2, 0) is 14.4 Å². The maximum Gasteiger partial charge on any atom is 0.258 e.